The molecule has 3 N–H and O–H groups in total. The van der Waals surface area contributed by atoms with Gasteiger partial charge in [-0.2, -0.15) is 0 Å². The van der Waals surface area contributed by atoms with Crippen LogP contribution >= 0.6 is 0 Å². The van der Waals surface area contributed by atoms with Crippen molar-refractivity contribution >= 4 is 11.4 Å². The van der Waals surface area contributed by atoms with E-state index in [1.807, 2.05) is 6.92 Å². The quantitative estimate of drug-likeness (QED) is 0.516. The number of rotatable bonds is 8. The second-order valence-corrected chi connectivity index (χ2v) is 5.04. The fraction of sp³-hybridized carbons (Fsp3) is 0.600. The lowest BCUT2D eigenvalue weighted by Crippen LogP contribution is -2.16. The van der Waals surface area contributed by atoms with Crippen LogP contribution in [0.5, 0.6) is 0 Å². The lowest BCUT2D eigenvalue weighted by Gasteiger charge is -2.18. The average Bonchev–Trinajstić information content (AvgIpc) is 2.36. The van der Waals surface area contributed by atoms with Gasteiger partial charge in [0.1, 0.15) is 0 Å². The summed E-state index contributed by atoms with van der Waals surface area (Å²) in [5, 5.41) is 3.16. The van der Waals surface area contributed by atoms with Crippen molar-refractivity contribution in [1.82, 2.24) is 0 Å². The van der Waals surface area contributed by atoms with Crippen LogP contribution in [-0.2, 0) is 0 Å². The van der Waals surface area contributed by atoms with E-state index in [1.165, 1.54) is 25.3 Å². The Bertz CT molecular complexity index is 380. The molecule has 0 aliphatic rings. The smallest absolute Gasteiger partial charge is 0.265 e. The van der Waals surface area contributed by atoms with Crippen LogP contribution in [0.2, 0.25) is 0 Å². The van der Waals surface area contributed by atoms with Gasteiger partial charge in [-0.05, 0) is 31.5 Å². The van der Waals surface area contributed by atoms with E-state index in [9.17, 15) is 8.78 Å². The fourth-order valence-corrected chi connectivity index (χ4v) is 2.11. The summed E-state index contributed by atoms with van der Waals surface area (Å²) in [4.78, 5) is 0. The van der Waals surface area contributed by atoms with Gasteiger partial charge in [-0.15, -0.1) is 0 Å². The van der Waals surface area contributed by atoms with Gasteiger partial charge >= 0.3 is 0 Å². The van der Waals surface area contributed by atoms with E-state index >= 15 is 0 Å². The van der Waals surface area contributed by atoms with Gasteiger partial charge in [0.05, 0.1) is 0 Å². The maximum absolute atomic E-state index is 12.9. The lowest BCUT2D eigenvalue weighted by molar-refractivity contribution is 0.152. The van der Waals surface area contributed by atoms with E-state index in [-0.39, 0.29) is 11.6 Å². The van der Waals surface area contributed by atoms with E-state index in [4.69, 9.17) is 5.73 Å². The molecule has 2 nitrogen and oxygen atoms in total. The molecule has 0 fully saturated rings. The molecule has 0 aliphatic heterocycles. The molecule has 1 rings (SSSR count). The zero-order valence-corrected chi connectivity index (χ0v) is 11.8. The first-order chi connectivity index (χ1) is 9.04. The molecule has 1 aromatic rings. The second-order valence-electron chi connectivity index (χ2n) is 5.04. The van der Waals surface area contributed by atoms with E-state index in [1.54, 1.807) is 12.1 Å². The highest BCUT2D eigenvalue weighted by atomic mass is 19.3. The maximum Gasteiger partial charge on any atom is 0.265 e. The normalized spacial score (nSPS) is 12.7. The minimum Gasteiger partial charge on any atom is -0.399 e. The van der Waals surface area contributed by atoms with Crippen molar-refractivity contribution in [3.8, 4) is 0 Å². The Morgan fingerprint density at radius 3 is 2.58 bits per heavy atom. The van der Waals surface area contributed by atoms with Crippen molar-refractivity contribution in [1.29, 1.82) is 0 Å². The van der Waals surface area contributed by atoms with Gasteiger partial charge in [-0.1, -0.05) is 32.6 Å². The topological polar surface area (TPSA) is 38.0 Å². The first kappa shape index (κ1) is 15.7. The van der Waals surface area contributed by atoms with Crippen LogP contribution in [0.15, 0.2) is 18.2 Å². The zero-order chi connectivity index (χ0) is 14.3. The Kier molecular flexibility index (Phi) is 6.60. The number of nitrogen functional groups attached to an aromatic ring is 1. The van der Waals surface area contributed by atoms with Gasteiger partial charge in [0.2, 0.25) is 0 Å². The molecule has 0 aromatic heterocycles. The molecule has 1 unspecified atom stereocenters. The molecular weight excluding hydrogens is 246 g/mol. The number of anilines is 2. The van der Waals surface area contributed by atoms with Crippen molar-refractivity contribution < 1.29 is 8.78 Å². The molecule has 108 valence electrons. The van der Waals surface area contributed by atoms with Gasteiger partial charge in [-0.25, -0.2) is 8.78 Å². The van der Waals surface area contributed by atoms with Crippen molar-refractivity contribution in [2.45, 2.75) is 58.4 Å². The third-order valence-corrected chi connectivity index (χ3v) is 3.20. The summed E-state index contributed by atoms with van der Waals surface area (Å²) in [6, 6.07) is 4.83. The number of nitrogens with one attached hydrogen (secondary N) is 1. The van der Waals surface area contributed by atoms with Crippen LogP contribution < -0.4 is 11.1 Å². The molecule has 0 amide bonds. The highest BCUT2D eigenvalue weighted by Gasteiger charge is 2.14. The van der Waals surface area contributed by atoms with Gasteiger partial charge in [0.15, 0.2) is 0 Å². The SMILES string of the molecule is CCCCCCC(C)Nc1ccc(N)cc1C(F)F. The largest absolute Gasteiger partial charge is 0.399 e. The van der Waals surface area contributed by atoms with Crippen molar-refractivity contribution in [3.05, 3.63) is 23.8 Å². The Labute approximate surface area is 114 Å². The van der Waals surface area contributed by atoms with Gasteiger partial charge in [0.25, 0.3) is 6.43 Å². The number of hydrogen-bond acceptors (Lipinski definition) is 2. The maximum atomic E-state index is 12.9. The van der Waals surface area contributed by atoms with Crippen molar-refractivity contribution in [3.63, 3.8) is 0 Å². The highest BCUT2D eigenvalue weighted by Crippen LogP contribution is 2.29. The summed E-state index contributed by atoms with van der Waals surface area (Å²) in [6.07, 6.45) is 3.25. The molecule has 0 saturated carbocycles. The fourth-order valence-electron chi connectivity index (χ4n) is 2.11. The second kappa shape index (κ2) is 7.97. The number of benzene rings is 1. The number of alkyl halides is 2. The molecule has 0 heterocycles. The molecule has 1 atom stereocenters. The van der Waals surface area contributed by atoms with Crippen LogP contribution in [-0.4, -0.2) is 6.04 Å². The van der Waals surface area contributed by atoms with Crippen LogP contribution in [0, 0.1) is 0 Å². The van der Waals surface area contributed by atoms with E-state index in [2.05, 4.69) is 12.2 Å². The average molecular weight is 270 g/mol. The molecular formula is C15H24F2N2. The molecule has 0 aliphatic carbocycles. The molecule has 0 saturated heterocycles. The highest BCUT2D eigenvalue weighted by molar-refractivity contribution is 5.59. The predicted molar refractivity (Wildman–Crippen MR) is 77.7 cm³/mol. The number of hydrogen-bond donors (Lipinski definition) is 2. The standard InChI is InChI=1S/C15H24F2N2/c1-3-4-5-6-7-11(2)19-14-9-8-12(18)10-13(14)15(16)17/h8-11,15,19H,3-7,18H2,1-2H3. The van der Waals surface area contributed by atoms with Gasteiger partial charge < -0.3 is 11.1 Å². The van der Waals surface area contributed by atoms with Crippen LogP contribution in [0.1, 0.15) is 57.9 Å². The Morgan fingerprint density at radius 1 is 1.21 bits per heavy atom. The lowest BCUT2D eigenvalue weighted by atomic mass is 10.1. The van der Waals surface area contributed by atoms with E-state index < -0.39 is 6.43 Å². The first-order valence-corrected chi connectivity index (χ1v) is 6.98. The number of halogens is 2. The predicted octanol–water partition coefficient (Wildman–Crippen LogP) is 4.98. The number of nitrogens with two attached hydrogens (primary N) is 1. The van der Waals surface area contributed by atoms with Gasteiger partial charge in [0, 0.05) is 23.0 Å². The molecule has 19 heavy (non-hydrogen) atoms. The minimum absolute atomic E-state index is 0.0135. The third kappa shape index (κ3) is 5.45. The Morgan fingerprint density at radius 2 is 1.95 bits per heavy atom. The third-order valence-electron chi connectivity index (χ3n) is 3.20. The van der Waals surface area contributed by atoms with Gasteiger partial charge in [-0.3, -0.25) is 0 Å². The molecule has 0 radical (unpaired) electrons. The minimum atomic E-state index is -2.50. The molecule has 4 heteroatoms. The number of unbranched alkanes of at least 4 members (excludes halogenated alkanes) is 3. The molecule has 0 bridgehead atoms. The summed E-state index contributed by atoms with van der Waals surface area (Å²) in [7, 11) is 0. The van der Waals surface area contributed by atoms with Crippen molar-refractivity contribution in [2.75, 3.05) is 11.1 Å². The zero-order valence-electron chi connectivity index (χ0n) is 11.8. The van der Waals surface area contributed by atoms with Crippen LogP contribution in [0.4, 0.5) is 20.2 Å². The monoisotopic (exact) mass is 270 g/mol. The summed E-state index contributed by atoms with van der Waals surface area (Å²) >= 11 is 0. The summed E-state index contributed by atoms with van der Waals surface area (Å²) < 4.78 is 25.8. The first-order valence-electron chi connectivity index (χ1n) is 6.98. The Balaban J connectivity index is 2.56. The van der Waals surface area contributed by atoms with E-state index in [0.717, 1.165) is 12.8 Å². The van der Waals surface area contributed by atoms with Crippen LogP contribution in [0.25, 0.3) is 0 Å². The Hall–Kier alpha value is -1.32. The summed E-state index contributed by atoms with van der Waals surface area (Å²) in [5.74, 6) is 0. The van der Waals surface area contributed by atoms with E-state index in [0.29, 0.717) is 11.4 Å². The van der Waals surface area contributed by atoms with Crippen molar-refractivity contribution in [2.24, 2.45) is 0 Å². The summed E-state index contributed by atoms with van der Waals surface area (Å²) in [5.41, 5.74) is 6.40. The summed E-state index contributed by atoms with van der Waals surface area (Å²) in [6.45, 7) is 4.20. The molecule has 0 spiro atoms. The van der Waals surface area contributed by atoms with Crippen LogP contribution in [0.3, 0.4) is 0 Å². The molecule has 1 aromatic carbocycles.